The van der Waals surface area contributed by atoms with E-state index in [1.165, 1.54) is 18.0 Å². The Bertz CT molecular complexity index is 1530. The molecule has 0 amide bonds. The van der Waals surface area contributed by atoms with Gasteiger partial charge in [0.05, 0.1) is 20.0 Å². The van der Waals surface area contributed by atoms with Crippen LogP contribution in [0.25, 0.3) is 16.7 Å². The summed E-state index contributed by atoms with van der Waals surface area (Å²) in [6.07, 6.45) is 3.13. The minimum Gasteiger partial charge on any atom is -0.497 e. The average Bonchev–Trinajstić information content (AvgIpc) is 3.25. The third kappa shape index (κ3) is 4.12. The number of nitrogens with zero attached hydrogens (tertiary/aromatic N) is 5. The SMILES string of the molecule is COc1cccc(C(=O)Cn2cnc3c(C#N)c(N4CCC[C@@H](N)C4)n(-c4ccccc4)c3c2=O)c1. The molecule has 0 bridgehead atoms. The molecule has 1 aliphatic heterocycles. The summed E-state index contributed by atoms with van der Waals surface area (Å²) in [6.45, 7) is 1.09. The monoisotopic (exact) mass is 482 g/mol. The molecular formula is C27H26N6O3. The maximum absolute atomic E-state index is 13.8. The van der Waals surface area contributed by atoms with E-state index in [1.54, 1.807) is 28.8 Å². The van der Waals surface area contributed by atoms with Crippen LogP contribution in [0.3, 0.4) is 0 Å². The molecular weight excluding hydrogens is 456 g/mol. The zero-order valence-corrected chi connectivity index (χ0v) is 19.9. The first-order valence-electron chi connectivity index (χ1n) is 11.8. The number of methoxy groups -OCH3 is 1. The molecule has 182 valence electrons. The Kier molecular flexibility index (Phi) is 6.27. The predicted molar refractivity (Wildman–Crippen MR) is 137 cm³/mol. The molecule has 0 saturated carbocycles. The van der Waals surface area contributed by atoms with Crippen molar-refractivity contribution in [2.45, 2.75) is 25.4 Å². The summed E-state index contributed by atoms with van der Waals surface area (Å²) in [5.41, 5.74) is 7.92. The van der Waals surface area contributed by atoms with Gasteiger partial charge in [-0.2, -0.15) is 5.26 Å². The molecule has 1 aliphatic rings. The molecule has 1 saturated heterocycles. The van der Waals surface area contributed by atoms with Crippen molar-refractivity contribution in [3.05, 3.63) is 82.4 Å². The van der Waals surface area contributed by atoms with Crippen LogP contribution in [0.1, 0.15) is 28.8 Å². The summed E-state index contributed by atoms with van der Waals surface area (Å²) in [4.78, 5) is 33.4. The van der Waals surface area contributed by atoms with Crippen LogP contribution in [0.5, 0.6) is 5.75 Å². The van der Waals surface area contributed by atoms with Crippen molar-refractivity contribution in [2.75, 3.05) is 25.1 Å². The van der Waals surface area contributed by atoms with Gasteiger partial charge in [0.25, 0.3) is 5.56 Å². The Balaban J connectivity index is 1.69. The normalized spacial score (nSPS) is 15.6. The molecule has 36 heavy (non-hydrogen) atoms. The number of piperidine rings is 1. The highest BCUT2D eigenvalue weighted by molar-refractivity contribution is 5.96. The number of carbonyl (C=O) groups is 1. The van der Waals surface area contributed by atoms with E-state index in [2.05, 4.69) is 16.0 Å². The van der Waals surface area contributed by atoms with Crippen LogP contribution in [0, 0.1) is 11.3 Å². The van der Waals surface area contributed by atoms with Crippen molar-refractivity contribution < 1.29 is 9.53 Å². The van der Waals surface area contributed by atoms with Gasteiger partial charge in [-0.25, -0.2) is 4.98 Å². The molecule has 0 aliphatic carbocycles. The van der Waals surface area contributed by atoms with Gasteiger partial charge in [-0.05, 0) is 37.1 Å². The largest absolute Gasteiger partial charge is 0.497 e. The summed E-state index contributed by atoms with van der Waals surface area (Å²) >= 11 is 0. The number of ether oxygens (including phenoxy) is 1. The van der Waals surface area contributed by atoms with E-state index in [4.69, 9.17) is 10.5 Å². The average molecular weight is 483 g/mol. The molecule has 0 radical (unpaired) electrons. The fraction of sp³-hybridized carbons (Fsp3) is 0.259. The van der Waals surface area contributed by atoms with Gasteiger partial charge in [0.1, 0.15) is 34.2 Å². The minimum atomic E-state index is -0.399. The Morgan fingerprint density at radius 2 is 2.03 bits per heavy atom. The first-order chi connectivity index (χ1) is 17.5. The van der Waals surface area contributed by atoms with Crippen LogP contribution in [0.2, 0.25) is 0 Å². The highest BCUT2D eigenvalue weighted by Gasteiger charge is 2.29. The number of para-hydroxylation sites is 1. The van der Waals surface area contributed by atoms with Crippen molar-refractivity contribution in [1.82, 2.24) is 14.1 Å². The van der Waals surface area contributed by atoms with Gasteiger partial charge in [0.2, 0.25) is 0 Å². The number of hydrogen-bond acceptors (Lipinski definition) is 7. The Labute approximate surface area is 208 Å². The molecule has 2 aromatic carbocycles. The van der Waals surface area contributed by atoms with Crippen molar-refractivity contribution in [3.63, 3.8) is 0 Å². The number of Topliss-reactive ketones (excluding diaryl/α,β-unsaturated/α-hetero) is 1. The number of carbonyl (C=O) groups excluding carboxylic acids is 1. The number of benzene rings is 2. The fourth-order valence-electron chi connectivity index (χ4n) is 4.77. The van der Waals surface area contributed by atoms with E-state index in [1.807, 2.05) is 30.3 Å². The lowest BCUT2D eigenvalue weighted by molar-refractivity contribution is 0.0970. The summed E-state index contributed by atoms with van der Waals surface area (Å²) < 4.78 is 8.29. The third-order valence-corrected chi connectivity index (χ3v) is 6.50. The molecule has 9 nitrogen and oxygen atoms in total. The number of anilines is 1. The molecule has 5 rings (SSSR count). The Morgan fingerprint density at radius 3 is 2.75 bits per heavy atom. The number of hydrogen-bond donors (Lipinski definition) is 1. The zero-order valence-electron chi connectivity index (χ0n) is 19.9. The van der Waals surface area contributed by atoms with E-state index < -0.39 is 5.56 Å². The number of ketones is 1. The first kappa shape index (κ1) is 23.3. The molecule has 1 fully saturated rings. The summed E-state index contributed by atoms with van der Waals surface area (Å²) in [7, 11) is 1.53. The highest BCUT2D eigenvalue weighted by atomic mass is 16.5. The number of nitriles is 1. The zero-order chi connectivity index (χ0) is 25.2. The Morgan fingerprint density at radius 1 is 1.22 bits per heavy atom. The Hall–Kier alpha value is -4.42. The van der Waals surface area contributed by atoms with Gasteiger partial charge in [0, 0.05) is 30.4 Å². The van der Waals surface area contributed by atoms with E-state index in [0.29, 0.717) is 41.3 Å². The van der Waals surface area contributed by atoms with E-state index in [0.717, 1.165) is 18.5 Å². The highest BCUT2D eigenvalue weighted by Crippen LogP contribution is 2.34. The molecule has 2 aromatic heterocycles. The maximum Gasteiger partial charge on any atom is 0.278 e. The molecule has 0 unspecified atom stereocenters. The van der Waals surface area contributed by atoms with Crippen LogP contribution in [0.15, 0.2) is 65.7 Å². The number of nitrogens with two attached hydrogens (primary N) is 1. The van der Waals surface area contributed by atoms with Crippen molar-refractivity contribution in [3.8, 4) is 17.5 Å². The second kappa shape index (κ2) is 9.68. The number of rotatable bonds is 6. The van der Waals surface area contributed by atoms with Crippen LogP contribution in [0.4, 0.5) is 5.82 Å². The summed E-state index contributed by atoms with van der Waals surface area (Å²) in [5.74, 6) is 0.913. The predicted octanol–water partition coefficient (Wildman–Crippen LogP) is 2.88. The molecule has 4 aromatic rings. The van der Waals surface area contributed by atoms with Gasteiger partial charge in [-0.3, -0.25) is 18.7 Å². The smallest absolute Gasteiger partial charge is 0.278 e. The van der Waals surface area contributed by atoms with Gasteiger partial charge < -0.3 is 15.4 Å². The molecule has 0 spiro atoms. The van der Waals surface area contributed by atoms with Gasteiger partial charge in [-0.15, -0.1) is 0 Å². The van der Waals surface area contributed by atoms with Crippen molar-refractivity contribution in [1.29, 1.82) is 5.26 Å². The maximum atomic E-state index is 13.8. The minimum absolute atomic E-state index is 0.0300. The van der Waals surface area contributed by atoms with Crippen LogP contribution in [-0.2, 0) is 6.54 Å². The standard InChI is InChI=1S/C27H26N6O3/c1-36-21-11-5-7-18(13-21)23(34)16-32-17-30-24-22(14-28)26(31-12-6-8-19(29)15-31)33(25(24)27(32)35)20-9-3-2-4-10-20/h2-5,7,9-11,13,17,19H,6,8,12,15-16,29H2,1H3/t19-/m1/s1. The second-order valence-electron chi connectivity index (χ2n) is 8.86. The third-order valence-electron chi connectivity index (χ3n) is 6.50. The van der Waals surface area contributed by atoms with Gasteiger partial charge >= 0.3 is 0 Å². The van der Waals surface area contributed by atoms with E-state index in [9.17, 15) is 14.9 Å². The topological polar surface area (TPSA) is 119 Å². The fourth-order valence-corrected chi connectivity index (χ4v) is 4.77. The summed E-state index contributed by atoms with van der Waals surface area (Å²) in [6, 6.07) is 18.4. The van der Waals surface area contributed by atoms with Crippen LogP contribution < -0.4 is 20.9 Å². The first-order valence-corrected chi connectivity index (χ1v) is 11.8. The van der Waals surface area contributed by atoms with Crippen LogP contribution in [-0.4, -0.2) is 46.1 Å². The number of fused-ring (bicyclic) bond motifs is 1. The lowest BCUT2D eigenvalue weighted by Crippen LogP contribution is -2.43. The lowest BCUT2D eigenvalue weighted by atomic mass is 10.1. The van der Waals surface area contributed by atoms with Gasteiger partial charge in [0.15, 0.2) is 5.78 Å². The summed E-state index contributed by atoms with van der Waals surface area (Å²) in [5, 5.41) is 10.1. The molecule has 9 heteroatoms. The van der Waals surface area contributed by atoms with Crippen molar-refractivity contribution in [2.24, 2.45) is 5.73 Å². The van der Waals surface area contributed by atoms with Crippen molar-refractivity contribution >= 4 is 22.6 Å². The van der Waals surface area contributed by atoms with Crippen LogP contribution >= 0.6 is 0 Å². The molecule has 1 atom stereocenters. The molecule has 2 N–H and O–H groups in total. The molecule has 3 heterocycles. The second-order valence-corrected chi connectivity index (χ2v) is 8.86. The van der Waals surface area contributed by atoms with E-state index >= 15 is 0 Å². The number of aromatic nitrogens is 3. The quantitative estimate of drug-likeness (QED) is 0.420. The van der Waals surface area contributed by atoms with Gasteiger partial charge in [-0.1, -0.05) is 30.3 Å². The van der Waals surface area contributed by atoms with E-state index in [-0.39, 0.29) is 23.9 Å². The lowest BCUT2D eigenvalue weighted by Gasteiger charge is -2.33.